The Kier molecular flexibility index (Phi) is 2.84. The zero-order valence-electron chi connectivity index (χ0n) is 12.1. The van der Waals surface area contributed by atoms with Crippen LogP contribution in [0.1, 0.15) is 0 Å². The van der Waals surface area contributed by atoms with Crippen molar-refractivity contribution in [2.24, 2.45) is 7.05 Å². The molecule has 0 unspecified atom stereocenters. The zero-order valence-corrected chi connectivity index (χ0v) is 12.8. The molecule has 0 spiro atoms. The summed E-state index contributed by atoms with van der Waals surface area (Å²) >= 11 is 6.56. The predicted molar refractivity (Wildman–Crippen MR) is 87.4 cm³/mol. The quantitative estimate of drug-likeness (QED) is 0.613. The molecule has 0 aliphatic carbocycles. The van der Waals surface area contributed by atoms with Crippen molar-refractivity contribution in [3.8, 4) is 17.0 Å². The SMILES string of the molecule is COc1ccc2c(c1)c(-c1cc3nccnc3[nH]1)c(Cl)n2C. The first kappa shape index (κ1) is 13.2. The van der Waals surface area contributed by atoms with Gasteiger partial charge in [0.1, 0.15) is 16.4 Å². The second kappa shape index (κ2) is 4.74. The molecular weight excluding hydrogens is 300 g/mol. The van der Waals surface area contributed by atoms with Crippen LogP contribution in [0.2, 0.25) is 5.15 Å². The Morgan fingerprint density at radius 3 is 2.77 bits per heavy atom. The van der Waals surface area contributed by atoms with Crippen LogP contribution in [0.25, 0.3) is 33.3 Å². The highest BCUT2D eigenvalue weighted by Crippen LogP contribution is 2.39. The summed E-state index contributed by atoms with van der Waals surface area (Å²) in [5, 5.41) is 1.69. The van der Waals surface area contributed by atoms with Crippen LogP contribution in [-0.4, -0.2) is 26.6 Å². The van der Waals surface area contributed by atoms with E-state index in [-0.39, 0.29) is 0 Å². The van der Waals surface area contributed by atoms with Crippen LogP contribution in [0, 0.1) is 0 Å². The Hall–Kier alpha value is -2.53. The van der Waals surface area contributed by atoms with Gasteiger partial charge < -0.3 is 14.3 Å². The number of hydrogen-bond donors (Lipinski definition) is 1. The molecule has 0 atom stereocenters. The van der Waals surface area contributed by atoms with E-state index in [1.165, 1.54) is 0 Å². The van der Waals surface area contributed by atoms with Crippen LogP contribution in [0.5, 0.6) is 5.75 Å². The predicted octanol–water partition coefficient (Wildman–Crippen LogP) is 3.78. The van der Waals surface area contributed by atoms with Crippen LogP contribution in [0.15, 0.2) is 36.7 Å². The summed E-state index contributed by atoms with van der Waals surface area (Å²) in [6.07, 6.45) is 3.34. The molecule has 0 radical (unpaired) electrons. The summed E-state index contributed by atoms with van der Waals surface area (Å²) < 4.78 is 7.29. The minimum absolute atomic E-state index is 0.662. The van der Waals surface area contributed by atoms with Gasteiger partial charge in [0.15, 0.2) is 5.65 Å². The van der Waals surface area contributed by atoms with Gasteiger partial charge in [-0.25, -0.2) is 4.98 Å². The number of fused-ring (bicyclic) bond motifs is 2. The standard InChI is InChI=1S/C16H13ClN4O/c1-21-13-4-3-9(22-2)7-10(13)14(15(21)17)11-8-12-16(20-11)19-6-5-18-12/h3-8H,1-2H3,(H,19,20). The molecule has 3 heterocycles. The smallest absolute Gasteiger partial charge is 0.156 e. The van der Waals surface area contributed by atoms with E-state index < -0.39 is 0 Å². The van der Waals surface area contributed by atoms with Gasteiger partial charge in [-0.3, -0.25) is 4.98 Å². The largest absolute Gasteiger partial charge is 0.497 e. The van der Waals surface area contributed by atoms with Gasteiger partial charge in [0.05, 0.1) is 12.8 Å². The molecule has 0 amide bonds. The van der Waals surface area contributed by atoms with E-state index in [4.69, 9.17) is 16.3 Å². The Bertz CT molecular complexity index is 969. The molecule has 5 nitrogen and oxygen atoms in total. The average Bonchev–Trinajstić information content (AvgIpc) is 3.06. The van der Waals surface area contributed by atoms with E-state index >= 15 is 0 Å². The van der Waals surface area contributed by atoms with Gasteiger partial charge in [-0.05, 0) is 24.3 Å². The molecule has 0 aliphatic rings. The number of hydrogen-bond acceptors (Lipinski definition) is 3. The van der Waals surface area contributed by atoms with Gasteiger partial charge in [0, 0.05) is 35.9 Å². The second-order valence-electron chi connectivity index (χ2n) is 5.08. The number of aromatic nitrogens is 4. The number of nitrogens with one attached hydrogen (secondary N) is 1. The molecular formula is C16H13ClN4O. The van der Waals surface area contributed by atoms with E-state index in [2.05, 4.69) is 15.0 Å². The lowest BCUT2D eigenvalue weighted by molar-refractivity contribution is 0.415. The van der Waals surface area contributed by atoms with Crippen molar-refractivity contribution in [1.29, 1.82) is 0 Å². The van der Waals surface area contributed by atoms with Crippen molar-refractivity contribution in [3.63, 3.8) is 0 Å². The maximum absolute atomic E-state index is 6.56. The molecule has 1 N–H and O–H groups in total. The second-order valence-corrected chi connectivity index (χ2v) is 5.44. The first-order chi connectivity index (χ1) is 10.7. The van der Waals surface area contributed by atoms with Gasteiger partial charge in [0.2, 0.25) is 0 Å². The van der Waals surface area contributed by atoms with Crippen molar-refractivity contribution in [2.75, 3.05) is 7.11 Å². The lowest BCUT2D eigenvalue weighted by atomic mass is 10.1. The van der Waals surface area contributed by atoms with E-state index in [0.29, 0.717) is 5.15 Å². The van der Waals surface area contributed by atoms with Gasteiger partial charge in [-0.15, -0.1) is 0 Å². The summed E-state index contributed by atoms with van der Waals surface area (Å²) in [4.78, 5) is 11.9. The molecule has 0 saturated carbocycles. The lowest BCUT2D eigenvalue weighted by Gasteiger charge is -2.01. The number of rotatable bonds is 2. The third-order valence-corrected chi connectivity index (χ3v) is 4.31. The summed E-state index contributed by atoms with van der Waals surface area (Å²) in [6.45, 7) is 0. The van der Waals surface area contributed by atoms with Crippen LogP contribution in [-0.2, 0) is 7.05 Å². The fourth-order valence-corrected chi connectivity index (χ4v) is 3.06. The van der Waals surface area contributed by atoms with Crippen molar-refractivity contribution in [1.82, 2.24) is 19.5 Å². The van der Waals surface area contributed by atoms with Gasteiger partial charge in [-0.1, -0.05) is 11.6 Å². The number of nitrogens with zero attached hydrogens (tertiary/aromatic N) is 3. The van der Waals surface area contributed by atoms with Crippen LogP contribution >= 0.6 is 11.6 Å². The number of H-pyrrole nitrogens is 1. The number of benzene rings is 1. The van der Waals surface area contributed by atoms with Crippen molar-refractivity contribution < 1.29 is 4.74 Å². The number of aromatic amines is 1. The minimum Gasteiger partial charge on any atom is -0.497 e. The van der Waals surface area contributed by atoms with Crippen LogP contribution < -0.4 is 4.74 Å². The maximum atomic E-state index is 6.56. The molecule has 3 aromatic heterocycles. The number of aryl methyl sites for hydroxylation is 1. The Balaban J connectivity index is 2.06. The molecule has 0 bridgehead atoms. The van der Waals surface area contributed by atoms with Gasteiger partial charge in [-0.2, -0.15) is 0 Å². The lowest BCUT2D eigenvalue weighted by Crippen LogP contribution is -1.86. The third kappa shape index (κ3) is 1.79. The van der Waals surface area contributed by atoms with Crippen molar-refractivity contribution >= 4 is 33.7 Å². The van der Waals surface area contributed by atoms with E-state index in [1.54, 1.807) is 19.5 Å². The molecule has 0 fully saturated rings. The normalized spacial score (nSPS) is 11.4. The van der Waals surface area contributed by atoms with Crippen molar-refractivity contribution in [3.05, 3.63) is 41.8 Å². The number of methoxy groups -OCH3 is 1. The Labute approximate surface area is 131 Å². The zero-order chi connectivity index (χ0) is 15.3. The molecule has 0 aliphatic heterocycles. The fraction of sp³-hybridized carbons (Fsp3) is 0.125. The molecule has 110 valence electrons. The van der Waals surface area contributed by atoms with E-state index in [0.717, 1.165) is 39.1 Å². The minimum atomic E-state index is 0.662. The third-order valence-electron chi connectivity index (χ3n) is 3.87. The highest BCUT2D eigenvalue weighted by molar-refractivity contribution is 6.35. The fourth-order valence-electron chi connectivity index (χ4n) is 2.76. The first-order valence-electron chi connectivity index (χ1n) is 6.81. The van der Waals surface area contributed by atoms with E-state index in [9.17, 15) is 0 Å². The van der Waals surface area contributed by atoms with Gasteiger partial charge >= 0.3 is 0 Å². The molecule has 6 heteroatoms. The van der Waals surface area contributed by atoms with Crippen molar-refractivity contribution in [2.45, 2.75) is 0 Å². The summed E-state index contributed by atoms with van der Waals surface area (Å²) in [6, 6.07) is 7.88. The van der Waals surface area contributed by atoms with Gasteiger partial charge in [0.25, 0.3) is 0 Å². The Morgan fingerprint density at radius 1 is 1.18 bits per heavy atom. The highest BCUT2D eigenvalue weighted by Gasteiger charge is 2.18. The van der Waals surface area contributed by atoms with E-state index in [1.807, 2.05) is 35.9 Å². The summed E-state index contributed by atoms with van der Waals surface area (Å²) in [5.74, 6) is 0.795. The number of ether oxygens (including phenoxy) is 1. The topological polar surface area (TPSA) is 55.7 Å². The Morgan fingerprint density at radius 2 is 2.00 bits per heavy atom. The highest BCUT2D eigenvalue weighted by atomic mass is 35.5. The molecule has 4 rings (SSSR count). The average molecular weight is 313 g/mol. The summed E-state index contributed by atoms with van der Waals surface area (Å²) in [7, 11) is 3.60. The maximum Gasteiger partial charge on any atom is 0.156 e. The first-order valence-corrected chi connectivity index (χ1v) is 7.19. The van der Waals surface area contributed by atoms with Crippen LogP contribution in [0.3, 0.4) is 0 Å². The summed E-state index contributed by atoms with van der Waals surface area (Å²) in [5.41, 5.74) is 4.42. The molecule has 22 heavy (non-hydrogen) atoms. The number of halogens is 1. The molecule has 1 aromatic carbocycles. The van der Waals surface area contributed by atoms with Crippen LogP contribution in [0.4, 0.5) is 0 Å². The molecule has 0 saturated heterocycles. The molecule has 4 aromatic rings. The monoisotopic (exact) mass is 312 g/mol.